The van der Waals surface area contributed by atoms with Crippen LogP contribution in [0.5, 0.6) is 0 Å². The predicted molar refractivity (Wildman–Crippen MR) is 115 cm³/mol. The van der Waals surface area contributed by atoms with Gasteiger partial charge in [-0.1, -0.05) is 13.8 Å². The number of piperazine rings is 1. The van der Waals surface area contributed by atoms with Crippen molar-refractivity contribution >= 4 is 17.7 Å². The van der Waals surface area contributed by atoms with Gasteiger partial charge in [-0.25, -0.2) is 0 Å². The Morgan fingerprint density at radius 1 is 1.06 bits per heavy atom. The number of carbonyl (C=O) groups is 3. The highest BCUT2D eigenvalue weighted by atomic mass is 16.3. The molecule has 1 N–H and O–H groups in total. The van der Waals surface area contributed by atoms with E-state index in [0.717, 1.165) is 45.4 Å². The molecule has 3 amide bonds. The highest BCUT2D eigenvalue weighted by Gasteiger charge is 2.59. The van der Waals surface area contributed by atoms with Gasteiger partial charge in [-0.2, -0.15) is 0 Å². The van der Waals surface area contributed by atoms with E-state index in [1.807, 2.05) is 23.6 Å². The number of amides is 3. The van der Waals surface area contributed by atoms with E-state index in [-0.39, 0.29) is 34.8 Å². The van der Waals surface area contributed by atoms with Gasteiger partial charge in [0.25, 0.3) is 5.91 Å². The molecule has 1 spiro atoms. The molecule has 2 saturated heterocycles. The molecule has 1 aromatic rings. The topological polar surface area (TPSA) is 86.1 Å². The molecule has 3 fully saturated rings. The van der Waals surface area contributed by atoms with Crippen molar-refractivity contribution in [2.45, 2.75) is 39.2 Å². The molecule has 4 rings (SSSR count). The summed E-state index contributed by atoms with van der Waals surface area (Å²) in [5, 5.41) is 2.84. The van der Waals surface area contributed by atoms with Gasteiger partial charge < -0.3 is 24.4 Å². The number of hydrogen-bond donors (Lipinski definition) is 1. The number of likely N-dealkylation sites (N-methyl/N-ethyl adjacent to an activating group) is 1. The van der Waals surface area contributed by atoms with Crippen LogP contribution in [-0.2, 0) is 9.59 Å². The normalized spacial score (nSPS) is 24.3. The zero-order valence-corrected chi connectivity index (χ0v) is 18.8. The number of furan rings is 1. The van der Waals surface area contributed by atoms with E-state index in [9.17, 15) is 14.4 Å². The zero-order valence-electron chi connectivity index (χ0n) is 18.8. The van der Waals surface area contributed by atoms with Crippen LogP contribution in [0.2, 0.25) is 0 Å². The minimum atomic E-state index is -0.589. The molecule has 8 nitrogen and oxygen atoms in total. The van der Waals surface area contributed by atoms with E-state index >= 15 is 0 Å². The van der Waals surface area contributed by atoms with Gasteiger partial charge in [0.2, 0.25) is 11.8 Å². The van der Waals surface area contributed by atoms with Crippen molar-refractivity contribution in [2.24, 2.45) is 17.3 Å². The molecule has 8 heteroatoms. The molecule has 0 unspecified atom stereocenters. The molecule has 31 heavy (non-hydrogen) atoms. The summed E-state index contributed by atoms with van der Waals surface area (Å²) in [6.07, 6.45) is 4.11. The number of nitrogens with zero attached hydrogens (tertiary/aromatic N) is 3. The SMILES string of the molecule is CC(C)[C@@H](NC(=O)c1ccco1)C(=O)N1CCC2(CC1)C[C@@H]2C(=O)N1CCN(C)CC1. The molecule has 1 saturated carbocycles. The maximum Gasteiger partial charge on any atom is 0.287 e. The molecule has 0 radical (unpaired) electrons. The van der Waals surface area contributed by atoms with Crippen molar-refractivity contribution in [3.8, 4) is 0 Å². The van der Waals surface area contributed by atoms with Crippen LogP contribution in [0.15, 0.2) is 22.8 Å². The predicted octanol–water partition coefficient (Wildman–Crippen LogP) is 1.44. The molecular formula is C23H34N4O4. The third kappa shape index (κ3) is 4.49. The first-order chi connectivity index (χ1) is 14.8. The van der Waals surface area contributed by atoms with E-state index in [4.69, 9.17) is 4.42 Å². The molecule has 1 aliphatic carbocycles. The van der Waals surface area contributed by atoms with Gasteiger partial charge in [0, 0.05) is 45.2 Å². The number of nitrogens with one attached hydrogen (secondary N) is 1. The van der Waals surface area contributed by atoms with Gasteiger partial charge in [0.15, 0.2) is 5.76 Å². The summed E-state index contributed by atoms with van der Waals surface area (Å²) in [5.41, 5.74) is 0.0714. The van der Waals surface area contributed by atoms with Crippen LogP contribution < -0.4 is 5.32 Å². The lowest BCUT2D eigenvalue weighted by Gasteiger charge is -2.37. The summed E-state index contributed by atoms with van der Waals surface area (Å²) < 4.78 is 5.15. The minimum Gasteiger partial charge on any atom is -0.459 e. The molecule has 3 aliphatic rings. The molecule has 3 heterocycles. The van der Waals surface area contributed by atoms with Crippen molar-refractivity contribution in [1.29, 1.82) is 0 Å². The van der Waals surface area contributed by atoms with Crippen molar-refractivity contribution < 1.29 is 18.8 Å². The van der Waals surface area contributed by atoms with Gasteiger partial charge in [0.1, 0.15) is 6.04 Å². The minimum absolute atomic E-state index is 0.0326. The fourth-order valence-electron chi connectivity index (χ4n) is 5.00. The average Bonchev–Trinajstić information content (AvgIpc) is 3.18. The Hall–Kier alpha value is -2.35. The van der Waals surface area contributed by atoms with Crippen LogP contribution in [0, 0.1) is 17.3 Å². The monoisotopic (exact) mass is 430 g/mol. The van der Waals surface area contributed by atoms with Crippen molar-refractivity contribution in [3.05, 3.63) is 24.2 Å². The summed E-state index contributed by atoms with van der Waals surface area (Å²) in [6.45, 7) is 8.67. The summed E-state index contributed by atoms with van der Waals surface area (Å²) in [4.78, 5) is 44.7. The number of carbonyl (C=O) groups excluding carboxylic acids is 3. The Morgan fingerprint density at radius 3 is 2.32 bits per heavy atom. The smallest absolute Gasteiger partial charge is 0.287 e. The molecule has 170 valence electrons. The molecule has 0 aromatic carbocycles. The van der Waals surface area contributed by atoms with Gasteiger partial charge in [-0.3, -0.25) is 14.4 Å². The van der Waals surface area contributed by atoms with Crippen molar-refractivity contribution in [1.82, 2.24) is 20.0 Å². The Kier molecular flexibility index (Phi) is 6.10. The second-order valence-corrected chi connectivity index (χ2v) is 9.75. The maximum atomic E-state index is 13.2. The quantitative estimate of drug-likeness (QED) is 0.764. The van der Waals surface area contributed by atoms with E-state index in [2.05, 4.69) is 17.3 Å². The first-order valence-electron chi connectivity index (χ1n) is 11.4. The van der Waals surface area contributed by atoms with Crippen LogP contribution in [0.25, 0.3) is 0 Å². The average molecular weight is 431 g/mol. The second-order valence-electron chi connectivity index (χ2n) is 9.75. The van der Waals surface area contributed by atoms with Gasteiger partial charge >= 0.3 is 0 Å². The maximum absolute atomic E-state index is 13.2. The van der Waals surface area contributed by atoms with Crippen LogP contribution in [0.4, 0.5) is 0 Å². The Labute approximate surface area is 183 Å². The van der Waals surface area contributed by atoms with Crippen LogP contribution in [-0.4, -0.2) is 84.8 Å². The van der Waals surface area contributed by atoms with E-state index in [1.54, 1.807) is 12.1 Å². The lowest BCUT2D eigenvalue weighted by molar-refractivity contribution is -0.137. The molecule has 2 atom stereocenters. The highest BCUT2D eigenvalue weighted by molar-refractivity contribution is 5.95. The standard InChI is InChI=1S/C23H34N4O4/c1-16(2)19(24-20(28)18-5-4-14-31-18)22(30)26-8-6-23(7-9-26)15-17(23)21(29)27-12-10-25(3)11-13-27/h4-5,14,16-17,19H,6-13,15H2,1-3H3,(H,24,28)/t17-,19-/m1/s1. The molecule has 0 bridgehead atoms. The van der Waals surface area contributed by atoms with Gasteiger partial charge in [0.05, 0.1) is 6.26 Å². The molecule has 1 aromatic heterocycles. The second kappa shape index (κ2) is 8.65. The summed E-state index contributed by atoms with van der Waals surface area (Å²) in [6, 6.07) is 2.65. The first kappa shape index (κ1) is 21.9. The van der Waals surface area contributed by atoms with Crippen LogP contribution in [0.1, 0.15) is 43.7 Å². The first-order valence-corrected chi connectivity index (χ1v) is 11.4. The largest absolute Gasteiger partial charge is 0.459 e. The van der Waals surface area contributed by atoms with Crippen LogP contribution in [0.3, 0.4) is 0 Å². The lowest BCUT2D eigenvalue weighted by Crippen LogP contribution is -2.53. The lowest BCUT2D eigenvalue weighted by atomic mass is 9.89. The van der Waals surface area contributed by atoms with Crippen molar-refractivity contribution in [2.75, 3.05) is 46.3 Å². The third-order valence-electron chi connectivity index (χ3n) is 7.34. The summed E-state index contributed by atoms with van der Waals surface area (Å²) in [5.74, 6) is 0.179. The van der Waals surface area contributed by atoms with E-state index in [1.165, 1.54) is 6.26 Å². The Morgan fingerprint density at radius 2 is 1.74 bits per heavy atom. The molecule has 2 aliphatic heterocycles. The van der Waals surface area contributed by atoms with Gasteiger partial charge in [-0.05, 0) is 49.8 Å². The summed E-state index contributed by atoms with van der Waals surface area (Å²) >= 11 is 0. The van der Waals surface area contributed by atoms with E-state index in [0.29, 0.717) is 19.0 Å². The van der Waals surface area contributed by atoms with Crippen LogP contribution >= 0.6 is 0 Å². The van der Waals surface area contributed by atoms with E-state index < -0.39 is 6.04 Å². The number of piperidine rings is 1. The Bertz CT molecular complexity index is 806. The highest BCUT2D eigenvalue weighted by Crippen LogP contribution is 2.60. The van der Waals surface area contributed by atoms with Gasteiger partial charge in [-0.15, -0.1) is 0 Å². The van der Waals surface area contributed by atoms with Crippen molar-refractivity contribution in [3.63, 3.8) is 0 Å². The Balaban J connectivity index is 1.31. The molecular weight excluding hydrogens is 396 g/mol. The summed E-state index contributed by atoms with van der Waals surface area (Å²) in [7, 11) is 2.09. The number of likely N-dealkylation sites (tertiary alicyclic amines) is 1. The zero-order chi connectivity index (χ0) is 22.2. The number of hydrogen-bond acceptors (Lipinski definition) is 5. The third-order valence-corrected chi connectivity index (χ3v) is 7.34. The fourth-order valence-corrected chi connectivity index (χ4v) is 5.00. The number of rotatable bonds is 5. The fraction of sp³-hybridized carbons (Fsp3) is 0.696.